The van der Waals surface area contributed by atoms with Crippen LogP contribution in [0.25, 0.3) is 17.1 Å². The van der Waals surface area contributed by atoms with Crippen LogP contribution in [0.15, 0.2) is 36.4 Å². The van der Waals surface area contributed by atoms with E-state index in [1.54, 1.807) is 45.0 Å². The predicted octanol–water partition coefficient (Wildman–Crippen LogP) is 2.60. The molecule has 326 valence electrons. The Hall–Kier alpha value is -5.76. The van der Waals surface area contributed by atoms with Crippen LogP contribution in [0.4, 0.5) is 13.2 Å². The number of phenolic OH excluding ortho intramolecular Hbond substituents is 2. The monoisotopic (exact) mass is 843 g/mol. The van der Waals surface area contributed by atoms with Crippen LogP contribution in [-0.4, -0.2) is 144 Å². The molecule has 0 saturated carbocycles. The molecule has 3 atom stereocenters. The van der Waals surface area contributed by atoms with Gasteiger partial charge in [-0.3, -0.25) is 33.5 Å². The Morgan fingerprint density at radius 3 is 2.12 bits per heavy atom. The Morgan fingerprint density at radius 1 is 0.867 bits per heavy atom. The van der Waals surface area contributed by atoms with Crippen molar-refractivity contribution in [1.82, 2.24) is 45.4 Å². The zero-order valence-electron chi connectivity index (χ0n) is 34.1. The van der Waals surface area contributed by atoms with Gasteiger partial charge in [0.1, 0.15) is 36.2 Å². The van der Waals surface area contributed by atoms with Crippen molar-refractivity contribution in [3.63, 3.8) is 0 Å². The van der Waals surface area contributed by atoms with E-state index >= 15 is 0 Å². The maximum absolute atomic E-state index is 13.3. The number of halogens is 3. The van der Waals surface area contributed by atoms with E-state index in [2.05, 4.69) is 25.7 Å². The lowest BCUT2D eigenvalue weighted by atomic mass is 9.98. The van der Waals surface area contributed by atoms with Crippen LogP contribution in [0.3, 0.4) is 0 Å². The summed E-state index contributed by atoms with van der Waals surface area (Å²) in [4.78, 5) is 69.4. The summed E-state index contributed by atoms with van der Waals surface area (Å²) in [5.74, 6) is -5.13. The number of nitrogens with zero attached hydrogens (tertiary/aromatic N) is 6. The van der Waals surface area contributed by atoms with Gasteiger partial charge in [0, 0.05) is 51.0 Å². The summed E-state index contributed by atoms with van der Waals surface area (Å²) >= 11 is 0. The lowest BCUT2D eigenvalue weighted by Gasteiger charge is -2.34. The van der Waals surface area contributed by atoms with Crippen LogP contribution in [-0.2, 0) is 25.7 Å². The number of carbonyl (C=O) groups excluding carboxylic acids is 4. The van der Waals surface area contributed by atoms with Crippen LogP contribution >= 0.6 is 0 Å². The molecule has 20 heteroatoms. The molecule has 0 unspecified atom stereocenters. The highest BCUT2D eigenvalue weighted by Gasteiger charge is 2.38. The first-order valence-electron chi connectivity index (χ1n) is 19.8. The number of aliphatic carboxylic acids is 1. The number of aromatic nitrogens is 3. The van der Waals surface area contributed by atoms with E-state index in [0.717, 1.165) is 11.6 Å². The molecule has 1 aromatic heterocycles. The Morgan fingerprint density at radius 2 is 1.52 bits per heavy atom. The van der Waals surface area contributed by atoms with Crippen molar-refractivity contribution in [3.05, 3.63) is 53.3 Å². The Bertz CT molecular complexity index is 2050. The number of carboxylic acid groups (broad SMARTS) is 1. The predicted molar refractivity (Wildman–Crippen MR) is 211 cm³/mol. The topological polar surface area (TPSA) is 223 Å². The number of hydrogen-bond donors (Lipinski definition) is 6. The first-order chi connectivity index (χ1) is 28.2. The third-order valence-electron chi connectivity index (χ3n) is 10.6. The van der Waals surface area contributed by atoms with Crippen molar-refractivity contribution in [2.24, 2.45) is 5.92 Å². The smallest absolute Gasteiger partial charge is 0.405 e. The van der Waals surface area contributed by atoms with Crippen molar-refractivity contribution in [2.45, 2.75) is 84.2 Å². The van der Waals surface area contributed by atoms with Crippen LogP contribution < -0.4 is 16.0 Å². The molecular formula is C40H52F3N9O8. The van der Waals surface area contributed by atoms with Crippen molar-refractivity contribution in [3.8, 4) is 28.6 Å². The molecule has 0 spiro atoms. The number of nitrogens with one attached hydrogen (secondary N) is 3. The second-order valence-corrected chi connectivity index (χ2v) is 15.8. The summed E-state index contributed by atoms with van der Waals surface area (Å²) in [6, 6.07) is 6.69. The summed E-state index contributed by atoms with van der Waals surface area (Å²) in [7, 11) is 0. The molecule has 17 nitrogen and oxygen atoms in total. The van der Waals surface area contributed by atoms with Crippen molar-refractivity contribution < 1.29 is 52.5 Å². The molecule has 2 fully saturated rings. The van der Waals surface area contributed by atoms with E-state index in [9.17, 15) is 52.5 Å². The standard InChI is InChI=1S/C40H52F3N9O8/c1-22(2)27-17-28(31(54)18-30(27)53)34-47-48-35(37(57)44-21-40(41,42)43)52(34)26-10-8-25(9-11-26)19-49-13-15-50(16-14-49)20-32(55)45-24(5)38(58)51-12-6-7-29(51)36(56)46-33(23(3)4)39(59)60/h8-11,17-18,22-24,29,33,53-54H,6-7,12-16,19-21H2,1-5H3,(H,44,57)(H,45,55)(H,46,56)(H,59,60)/t24-,29-,33-/m0/s1. The average molecular weight is 844 g/mol. The number of likely N-dealkylation sites (tertiary alicyclic amines) is 1. The lowest BCUT2D eigenvalue weighted by molar-refractivity contribution is -0.145. The van der Waals surface area contributed by atoms with Gasteiger partial charge in [-0.15, -0.1) is 10.2 Å². The van der Waals surface area contributed by atoms with Gasteiger partial charge in [-0.25, -0.2) is 4.79 Å². The first kappa shape index (κ1) is 45.3. The van der Waals surface area contributed by atoms with Crippen LogP contribution in [0, 0.1) is 5.92 Å². The first-order valence-corrected chi connectivity index (χ1v) is 19.8. The van der Waals surface area contributed by atoms with Gasteiger partial charge < -0.3 is 36.2 Å². The van der Waals surface area contributed by atoms with Crippen molar-refractivity contribution in [2.75, 3.05) is 45.8 Å². The number of amides is 4. The molecule has 3 heterocycles. The summed E-state index contributed by atoms with van der Waals surface area (Å²) in [5, 5.41) is 45.7. The number of aromatic hydroxyl groups is 2. The SMILES string of the molecule is CC(C)c1cc(-c2nnc(C(=O)NCC(F)(F)F)n2-c2ccc(CN3CCN(CC(=O)N[C@@H](C)C(=O)N4CCC[C@H]4C(=O)N[C@H](C(=O)O)C(C)C)CC3)cc2)c(O)cc1O. The normalized spacial score (nSPS) is 17.4. The van der Waals surface area contributed by atoms with Gasteiger partial charge in [-0.05, 0) is 60.9 Å². The molecule has 5 rings (SSSR count). The van der Waals surface area contributed by atoms with Gasteiger partial charge in [0.2, 0.25) is 23.5 Å². The molecule has 2 aliphatic heterocycles. The molecule has 0 radical (unpaired) electrons. The van der Waals surface area contributed by atoms with Gasteiger partial charge in [0.25, 0.3) is 5.91 Å². The van der Waals surface area contributed by atoms with Gasteiger partial charge >= 0.3 is 12.1 Å². The molecule has 0 aliphatic carbocycles. The van der Waals surface area contributed by atoms with Gasteiger partial charge in [0.15, 0.2) is 5.82 Å². The molecule has 0 bridgehead atoms. The third kappa shape index (κ3) is 11.1. The number of phenols is 2. The van der Waals surface area contributed by atoms with Crippen LogP contribution in [0.1, 0.15) is 75.1 Å². The summed E-state index contributed by atoms with van der Waals surface area (Å²) in [5.41, 5.74) is 1.78. The Labute approximate surface area is 344 Å². The van der Waals surface area contributed by atoms with E-state index < -0.39 is 60.4 Å². The van der Waals surface area contributed by atoms with Gasteiger partial charge in [-0.1, -0.05) is 39.8 Å². The summed E-state index contributed by atoms with van der Waals surface area (Å²) < 4.78 is 40.2. The fraction of sp³-hybridized carbons (Fsp3) is 0.525. The number of rotatable bonds is 15. The second kappa shape index (κ2) is 19.1. The summed E-state index contributed by atoms with van der Waals surface area (Å²) in [6.45, 7) is 10.2. The van der Waals surface area contributed by atoms with E-state index in [1.165, 1.54) is 15.5 Å². The Balaban J connectivity index is 1.18. The molecule has 2 aromatic carbocycles. The molecule has 6 N–H and O–H groups in total. The zero-order valence-corrected chi connectivity index (χ0v) is 34.1. The van der Waals surface area contributed by atoms with Gasteiger partial charge in [0.05, 0.1) is 12.1 Å². The molecule has 2 saturated heterocycles. The maximum atomic E-state index is 13.3. The van der Waals surface area contributed by atoms with Crippen molar-refractivity contribution in [1.29, 1.82) is 0 Å². The fourth-order valence-electron chi connectivity index (χ4n) is 7.33. The highest BCUT2D eigenvalue weighted by Crippen LogP contribution is 2.38. The minimum atomic E-state index is -4.67. The third-order valence-corrected chi connectivity index (χ3v) is 10.6. The molecule has 3 aromatic rings. The molecule has 4 amide bonds. The number of piperazine rings is 1. The molecular weight excluding hydrogens is 791 g/mol. The quantitative estimate of drug-likeness (QED) is 0.130. The van der Waals surface area contributed by atoms with E-state index in [-0.39, 0.29) is 47.2 Å². The minimum absolute atomic E-state index is 0.0290. The van der Waals surface area contributed by atoms with Gasteiger partial charge in [-0.2, -0.15) is 13.2 Å². The number of benzene rings is 2. The van der Waals surface area contributed by atoms with E-state index in [1.807, 2.05) is 24.1 Å². The summed E-state index contributed by atoms with van der Waals surface area (Å²) in [6.07, 6.45) is -3.71. The molecule has 60 heavy (non-hydrogen) atoms. The van der Waals surface area contributed by atoms with E-state index in [0.29, 0.717) is 63.4 Å². The number of carboxylic acids is 1. The minimum Gasteiger partial charge on any atom is -0.508 e. The van der Waals surface area contributed by atoms with Crippen LogP contribution in [0.5, 0.6) is 11.5 Å². The van der Waals surface area contributed by atoms with E-state index in [4.69, 9.17) is 0 Å². The second-order valence-electron chi connectivity index (χ2n) is 15.8. The number of hydrogen-bond acceptors (Lipinski definition) is 11. The number of carbonyl (C=O) groups is 5. The Kier molecular flexibility index (Phi) is 14.4. The largest absolute Gasteiger partial charge is 0.508 e. The van der Waals surface area contributed by atoms with Crippen LogP contribution in [0.2, 0.25) is 0 Å². The highest BCUT2D eigenvalue weighted by atomic mass is 19.4. The highest BCUT2D eigenvalue weighted by molar-refractivity contribution is 5.94. The average Bonchev–Trinajstić information content (AvgIpc) is 3.85. The molecule has 2 aliphatic rings. The zero-order chi connectivity index (χ0) is 44.1. The fourth-order valence-corrected chi connectivity index (χ4v) is 7.33. The maximum Gasteiger partial charge on any atom is 0.405 e. The van der Waals surface area contributed by atoms with Crippen molar-refractivity contribution >= 4 is 29.6 Å². The number of alkyl halides is 3. The lowest BCUT2D eigenvalue weighted by Crippen LogP contribution is -2.56.